The third-order valence-corrected chi connectivity index (χ3v) is 6.71. The van der Waals surface area contributed by atoms with Crippen LogP contribution in [0.25, 0.3) is 0 Å². The van der Waals surface area contributed by atoms with Crippen LogP contribution in [0.4, 0.5) is 10.1 Å². The molecule has 2 aliphatic rings. The predicted molar refractivity (Wildman–Crippen MR) is 126 cm³/mol. The van der Waals surface area contributed by atoms with Crippen LogP contribution < -0.4 is 15.5 Å². The third kappa shape index (κ3) is 5.58. The molecule has 32 heavy (non-hydrogen) atoms. The van der Waals surface area contributed by atoms with E-state index in [9.17, 15) is 4.39 Å². The van der Waals surface area contributed by atoms with Crippen LogP contribution in [0.5, 0.6) is 0 Å². The first-order valence-electron chi connectivity index (χ1n) is 11.9. The van der Waals surface area contributed by atoms with Gasteiger partial charge in [-0.05, 0) is 57.2 Å². The molecule has 1 saturated heterocycles. The number of halogens is 1. The molecule has 1 aliphatic carbocycles. The van der Waals surface area contributed by atoms with Crippen LogP contribution in [0.3, 0.4) is 0 Å². The van der Waals surface area contributed by atoms with Crippen LogP contribution in [-0.2, 0) is 13.6 Å². The molecule has 0 radical (unpaired) electrons. The number of anilines is 1. The topological polar surface area (TPSA) is 70.4 Å². The lowest BCUT2D eigenvalue weighted by molar-refractivity contribution is 0.402. The highest BCUT2D eigenvalue weighted by Gasteiger charge is 2.24. The summed E-state index contributed by atoms with van der Waals surface area (Å²) in [6, 6.07) is 6.00. The summed E-state index contributed by atoms with van der Waals surface area (Å²) in [5.74, 6) is 2.41. The number of aromatic nitrogens is 3. The summed E-state index contributed by atoms with van der Waals surface area (Å²) in [6.07, 6.45) is 8.25. The largest absolute Gasteiger partial charge is 0.367 e. The molecule has 0 bridgehead atoms. The number of piperidine rings is 1. The summed E-state index contributed by atoms with van der Waals surface area (Å²) < 4.78 is 16.5. The van der Waals surface area contributed by atoms with Crippen molar-refractivity contribution in [2.24, 2.45) is 12.0 Å². The molecule has 0 amide bonds. The van der Waals surface area contributed by atoms with Crippen LogP contribution in [0.1, 0.15) is 62.2 Å². The van der Waals surface area contributed by atoms with Crippen molar-refractivity contribution in [1.82, 2.24) is 25.4 Å². The van der Waals surface area contributed by atoms with Crippen LogP contribution in [0.2, 0.25) is 0 Å². The highest BCUT2D eigenvalue weighted by Crippen LogP contribution is 2.24. The minimum absolute atomic E-state index is 0.150. The van der Waals surface area contributed by atoms with Gasteiger partial charge in [0.2, 0.25) is 0 Å². The first-order valence-corrected chi connectivity index (χ1v) is 11.9. The summed E-state index contributed by atoms with van der Waals surface area (Å²) >= 11 is 0. The van der Waals surface area contributed by atoms with Crippen LogP contribution in [-0.4, -0.2) is 45.9 Å². The van der Waals surface area contributed by atoms with Crippen molar-refractivity contribution in [2.45, 2.75) is 77.4 Å². The number of nitrogens with one attached hydrogen (secondary N) is 2. The van der Waals surface area contributed by atoms with Crippen molar-refractivity contribution in [3.8, 4) is 0 Å². The van der Waals surface area contributed by atoms with Crippen molar-refractivity contribution in [3.05, 3.63) is 41.2 Å². The molecule has 7 nitrogen and oxygen atoms in total. The minimum atomic E-state index is -0.150. The van der Waals surface area contributed by atoms with Crippen molar-refractivity contribution in [3.63, 3.8) is 0 Å². The van der Waals surface area contributed by atoms with E-state index in [1.807, 2.05) is 37.6 Å². The fraction of sp³-hybridized carbons (Fsp3) is 0.625. The second kappa shape index (κ2) is 10.3. The molecular weight excluding hydrogens is 405 g/mol. The molecule has 1 saturated carbocycles. The standard InChI is InChI=1S/C24H36FN7/c1-17-11-12-21(25)22(14-17)32-13-7-10-20(16-32)28-24(27-19-8-5-4-6-9-19)26-15-23-30-29-18(2)31(23)3/h11-12,14,19-20H,4-10,13,15-16H2,1-3H3,(H2,26,27,28). The predicted octanol–water partition coefficient (Wildman–Crippen LogP) is 3.61. The zero-order valence-electron chi connectivity index (χ0n) is 19.6. The number of benzene rings is 1. The summed E-state index contributed by atoms with van der Waals surface area (Å²) in [7, 11) is 1.97. The highest BCUT2D eigenvalue weighted by atomic mass is 19.1. The van der Waals surface area contributed by atoms with Crippen molar-refractivity contribution in [2.75, 3.05) is 18.0 Å². The fourth-order valence-electron chi connectivity index (χ4n) is 4.68. The van der Waals surface area contributed by atoms with Gasteiger partial charge in [0, 0.05) is 32.2 Å². The maximum Gasteiger partial charge on any atom is 0.192 e. The molecule has 4 rings (SSSR count). The van der Waals surface area contributed by atoms with E-state index in [1.165, 1.54) is 32.1 Å². The molecule has 1 aromatic heterocycles. The Balaban J connectivity index is 1.47. The Kier molecular flexibility index (Phi) is 7.27. The van der Waals surface area contributed by atoms with Gasteiger partial charge in [0.05, 0.1) is 5.69 Å². The zero-order valence-corrected chi connectivity index (χ0v) is 19.6. The van der Waals surface area contributed by atoms with E-state index in [-0.39, 0.29) is 11.9 Å². The summed E-state index contributed by atoms with van der Waals surface area (Å²) in [6.45, 7) is 6.06. The zero-order chi connectivity index (χ0) is 22.5. The van der Waals surface area contributed by atoms with Gasteiger partial charge in [0.25, 0.3) is 0 Å². The van der Waals surface area contributed by atoms with E-state index in [1.54, 1.807) is 6.07 Å². The van der Waals surface area contributed by atoms with E-state index < -0.39 is 0 Å². The molecule has 1 aromatic carbocycles. The SMILES string of the molecule is Cc1ccc(F)c(N2CCCC(NC(=NCc3nnc(C)n3C)NC3CCCCC3)C2)c1. The smallest absolute Gasteiger partial charge is 0.192 e. The molecule has 1 unspecified atom stereocenters. The van der Waals surface area contributed by atoms with Crippen molar-refractivity contribution < 1.29 is 4.39 Å². The van der Waals surface area contributed by atoms with Gasteiger partial charge >= 0.3 is 0 Å². The first-order chi connectivity index (χ1) is 15.5. The average molecular weight is 442 g/mol. The van der Waals surface area contributed by atoms with Gasteiger partial charge in [-0.1, -0.05) is 25.3 Å². The normalized spacial score (nSPS) is 20.4. The summed E-state index contributed by atoms with van der Waals surface area (Å²) in [5, 5.41) is 15.7. The lowest BCUT2D eigenvalue weighted by Crippen LogP contribution is -2.53. The molecule has 2 N–H and O–H groups in total. The molecule has 1 atom stereocenters. The molecular formula is C24H36FN7. The molecule has 8 heteroatoms. The van der Waals surface area contributed by atoms with E-state index in [0.717, 1.165) is 49.1 Å². The molecule has 2 fully saturated rings. The lowest BCUT2D eigenvalue weighted by atomic mass is 9.96. The Hall–Kier alpha value is -2.64. The number of aryl methyl sites for hydroxylation is 2. The Bertz CT molecular complexity index is 932. The molecule has 0 spiro atoms. The summed E-state index contributed by atoms with van der Waals surface area (Å²) in [4.78, 5) is 7.02. The molecule has 2 aromatic rings. The van der Waals surface area contributed by atoms with Crippen LogP contribution >= 0.6 is 0 Å². The number of hydrogen-bond donors (Lipinski definition) is 2. The molecule has 1 aliphatic heterocycles. The van der Waals surface area contributed by atoms with Gasteiger partial charge < -0.3 is 20.1 Å². The maximum absolute atomic E-state index is 14.5. The Labute approximate surface area is 190 Å². The van der Waals surface area contributed by atoms with Gasteiger partial charge in [0.15, 0.2) is 11.8 Å². The van der Waals surface area contributed by atoms with E-state index in [0.29, 0.717) is 18.3 Å². The number of aliphatic imine (C=N–C) groups is 1. The first kappa shape index (κ1) is 22.6. The second-order valence-electron chi connectivity index (χ2n) is 9.25. The number of rotatable bonds is 5. The minimum Gasteiger partial charge on any atom is -0.367 e. The second-order valence-corrected chi connectivity index (χ2v) is 9.25. The van der Waals surface area contributed by atoms with Gasteiger partial charge in [0.1, 0.15) is 18.2 Å². The molecule has 174 valence electrons. The monoisotopic (exact) mass is 441 g/mol. The van der Waals surface area contributed by atoms with Crippen LogP contribution in [0, 0.1) is 19.7 Å². The quantitative estimate of drug-likeness (QED) is 0.548. The number of nitrogens with zero attached hydrogens (tertiary/aromatic N) is 5. The van der Waals surface area contributed by atoms with Crippen molar-refractivity contribution in [1.29, 1.82) is 0 Å². The lowest BCUT2D eigenvalue weighted by Gasteiger charge is -2.36. The Morgan fingerprint density at radius 2 is 1.81 bits per heavy atom. The fourth-order valence-corrected chi connectivity index (χ4v) is 4.68. The van der Waals surface area contributed by atoms with E-state index in [4.69, 9.17) is 4.99 Å². The molecule has 2 heterocycles. The third-order valence-electron chi connectivity index (χ3n) is 6.71. The van der Waals surface area contributed by atoms with Gasteiger partial charge in [-0.25, -0.2) is 9.38 Å². The maximum atomic E-state index is 14.5. The van der Waals surface area contributed by atoms with Gasteiger partial charge in [-0.3, -0.25) is 0 Å². The van der Waals surface area contributed by atoms with Crippen molar-refractivity contribution >= 4 is 11.6 Å². The van der Waals surface area contributed by atoms with Gasteiger partial charge in [-0.2, -0.15) is 0 Å². The Morgan fingerprint density at radius 1 is 1.06 bits per heavy atom. The Morgan fingerprint density at radius 3 is 2.56 bits per heavy atom. The van der Waals surface area contributed by atoms with Gasteiger partial charge in [-0.15, -0.1) is 10.2 Å². The van der Waals surface area contributed by atoms with E-state index >= 15 is 0 Å². The van der Waals surface area contributed by atoms with E-state index in [2.05, 4.69) is 25.7 Å². The highest BCUT2D eigenvalue weighted by molar-refractivity contribution is 5.80. The van der Waals surface area contributed by atoms with Crippen LogP contribution in [0.15, 0.2) is 23.2 Å². The average Bonchev–Trinajstić information content (AvgIpc) is 3.12. The number of guanidine groups is 1. The number of hydrogen-bond acceptors (Lipinski definition) is 4. The summed E-state index contributed by atoms with van der Waals surface area (Å²) in [5.41, 5.74) is 1.78.